The molecule has 3 saturated heterocycles. The Kier molecular flexibility index (Phi) is 7.19. The molecule has 4 fully saturated rings. The Hall–Kier alpha value is -1.60. The van der Waals surface area contributed by atoms with Crippen LogP contribution in [0.2, 0.25) is 10.0 Å². The molecule has 3 atom stereocenters. The van der Waals surface area contributed by atoms with Crippen molar-refractivity contribution in [2.75, 3.05) is 13.1 Å². The Morgan fingerprint density at radius 1 is 1.11 bits per heavy atom. The van der Waals surface area contributed by atoms with E-state index in [1.165, 1.54) is 0 Å². The minimum absolute atomic E-state index is 0.106. The van der Waals surface area contributed by atoms with Crippen molar-refractivity contribution < 1.29 is 9.59 Å². The van der Waals surface area contributed by atoms with Crippen LogP contribution in [0.3, 0.4) is 0 Å². The van der Waals surface area contributed by atoms with Crippen LogP contribution in [-0.4, -0.2) is 47.9 Å². The fraction of sp³-hybridized carbons (Fsp3) is 0.481. The molecular formula is C27H30BrCl2N3O2. The van der Waals surface area contributed by atoms with Gasteiger partial charge in [-0.25, -0.2) is 0 Å². The zero-order valence-electron chi connectivity index (χ0n) is 19.7. The van der Waals surface area contributed by atoms with Crippen molar-refractivity contribution in [1.29, 1.82) is 0 Å². The van der Waals surface area contributed by atoms with Crippen LogP contribution < -0.4 is 10.6 Å². The van der Waals surface area contributed by atoms with Crippen molar-refractivity contribution in [2.45, 2.75) is 62.6 Å². The van der Waals surface area contributed by atoms with E-state index in [1.54, 1.807) is 12.1 Å². The van der Waals surface area contributed by atoms with E-state index in [4.69, 9.17) is 23.2 Å². The van der Waals surface area contributed by atoms with E-state index in [1.807, 2.05) is 30.3 Å². The van der Waals surface area contributed by atoms with Gasteiger partial charge in [0.2, 0.25) is 11.8 Å². The number of hydrogen-bond donors (Lipinski definition) is 2. The van der Waals surface area contributed by atoms with E-state index in [9.17, 15) is 9.59 Å². The molecule has 3 aliphatic heterocycles. The number of fused-ring (bicyclic) bond motifs is 3. The number of carbonyl (C=O) groups is 2. The van der Waals surface area contributed by atoms with Crippen LogP contribution in [0, 0.1) is 5.92 Å². The molecule has 2 bridgehead atoms. The first-order valence-electron chi connectivity index (χ1n) is 12.3. The molecule has 8 heteroatoms. The summed E-state index contributed by atoms with van der Waals surface area (Å²) in [6.45, 7) is 4.39. The summed E-state index contributed by atoms with van der Waals surface area (Å²) < 4.78 is 0.974. The first-order chi connectivity index (χ1) is 16.8. The lowest BCUT2D eigenvalue weighted by Gasteiger charge is -2.50. The van der Waals surface area contributed by atoms with E-state index in [2.05, 4.69) is 38.4 Å². The maximum atomic E-state index is 13.6. The SMILES string of the molecule is CC1C(NC(=O)C(Cc2ccc(Br)cc2)NC(=O)C2(c3ccc(Cl)cc3Cl)CC2)C2CCN1CC2. The smallest absolute Gasteiger partial charge is 0.243 e. The van der Waals surface area contributed by atoms with Gasteiger partial charge in [-0.2, -0.15) is 0 Å². The summed E-state index contributed by atoms with van der Waals surface area (Å²) in [4.78, 5) is 29.7. The average Bonchev–Trinajstić information content (AvgIpc) is 3.64. The molecular weight excluding hydrogens is 549 g/mol. The number of hydrogen-bond acceptors (Lipinski definition) is 3. The fourth-order valence-corrected chi connectivity index (χ4v) is 6.65. The highest BCUT2D eigenvalue weighted by atomic mass is 79.9. The van der Waals surface area contributed by atoms with Gasteiger partial charge in [-0.3, -0.25) is 14.5 Å². The summed E-state index contributed by atoms with van der Waals surface area (Å²) in [5.41, 5.74) is 1.06. The molecule has 2 aromatic carbocycles. The van der Waals surface area contributed by atoms with Crippen molar-refractivity contribution >= 4 is 50.9 Å². The number of nitrogens with one attached hydrogen (secondary N) is 2. The van der Waals surface area contributed by atoms with Crippen molar-refractivity contribution in [2.24, 2.45) is 5.92 Å². The van der Waals surface area contributed by atoms with Crippen molar-refractivity contribution in [1.82, 2.24) is 15.5 Å². The van der Waals surface area contributed by atoms with Gasteiger partial charge in [0.25, 0.3) is 0 Å². The lowest BCUT2D eigenvalue weighted by Crippen LogP contribution is -2.64. The van der Waals surface area contributed by atoms with Crippen LogP contribution in [0.25, 0.3) is 0 Å². The second-order valence-electron chi connectivity index (χ2n) is 10.2. The van der Waals surface area contributed by atoms with Crippen LogP contribution in [0.5, 0.6) is 0 Å². The molecule has 4 aliphatic rings. The molecule has 2 N–H and O–H groups in total. The molecule has 2 aromatic rings. The second kappa shape index (κ2) is 10.0. The number of benzene rings is 2. The first-order valence-corrected chi connectivity index (χ1v) is 13.9. The lowest BCUT2D eigenvalue weighted by atomic mass is 9.79. The number of piperidine rings is 3. The van der Waals surface area contributed by atoms with Gasteiger partial charge < -0.3 is 10.6 Å². The Morgan fingerprint density at radius 3 is 2.40 bits per heavy atom. The standard InChI is InChI=1S/C27H30BrCl2N3O2/c1-16-24(18-8-12-33(16)13-9-18)32-25(34)23(14-17-2-4-19(28)5-3-17)31-26(35)27(10-11-27)21-7-6-20(29)15-22(21)30/h2-7,15-16,18,23-24H,8-14H2,1H3,(H,31,35)(H,32,34). The maximum Gasteiger partial charge on any atom is 0.243 e. The van der Waals surface area contributed by atoms with Crippen LogP contribution in [0.15, 0.2) is 46.9 Å². The molecule has 5 nitrogen and oxygen atoms in total. The highest BCUT2D eigenvalue weighted by Crippen LogP contribution is 2.51. The summed E-state index contributed by atoms with van der Waals surface area (Å²) in [6.07, 6.45) is 4.03. The molecule has 3 heterocycles. The molecule has 3 unspecified atom stereocenters. The lowest BCUT2D eigenvalue weighted by molar-refractivity contribution is -0.131. The highest BCUT2D eigenvalue weighted by Gasteiger charge is 2.53. The third kappa shape index (κ3) is 5.13. The molecule has 1 saturated carbocycles. The third-order valence-electron chi connectivity index (χ3n) is 8.09. The Bertz CT molecular complexity index is 1110. The van der Waals surface area contributed by atoms with Crippen LogP contribution >= 0.6 is 39.1 Å². The minimum Gasteiger partial charge on any atom is -0.350 e. The topological polar surface area (TPSA) is 61.4 Å². The normalized spacial score (nSPS) is 27.2. The predicted molar refractivity (Wildman–Crippen MR) is 143 cm³/mol. The molecule has 0 aromatic heterocycles. The first kappa shape index (κ1) is 25.1. The van der Waals surface area contributed by atoms with E-state index in [0.29, 0.717) is 41.3 Å². The van der Waals surface area contributed by atoms with Crippen molar-refractivity contribution in [3.8, 4) is 0 Å². The largest absolute Gasteiger partial charge is 0.350 e. The van der Waals surface area contributed by atoms with E-state index < -0.39 is 11.5 Å². The minimum atomic E-state index is -0.706. The monoisotopic (exact) mass is 577 g/mol. The molecule has 35 heavy (non-hydrogen) atoms. The predicted octanol–water partition coefficient (Wildman–Crippen LogP) is 5.11. The quantitative estimate of drug-likeness (QED) is 0.480. The Labute approximate surface area is 225 Å². The van der Waals surface area contributed by atoms with Gasteiger partial charge in [0.15, 0.2) is 0 Å². The number of rotatable bonds is 7. The van der Waals surface area contributed by atoms with Gasteiger partial charge in [0.1, 0.15) is 6.04 Å². The van der Waals surface area contributed by atoms with E-state index in [-0.39, 0.29) is 17.9 Å². The molecule has 0 radical (unpaired) electrons. The van der Waals surface area contributed by atoms with E-state index >= 15 is 0 Å². The van der Waals surface area contributed by atoms with Crippen LogP contribution in [0.4, 0.5) is 0 Å². The third-order valence-corrected chi connectivity index (χ3v) is 9.17. The average molecular weight is 579 g/mol. The van der Waals surface area contributed by atoms with Crippen molar-refractivity contribution in [3.05, 3.63) is 68.1 Å². The summed E-state index contributed by atoms with van der Waals surface area (Å²) >= 11 is 16.0. The summed E-state index contributed by atoms with van der Waals surface area (Å²) in [5.74, 6) is 0.219. The molecule has 1 aliphatic carbocycles. The van der Waals surface area contributed by atoms with Gasteiger partial charge in [-0.15, -0.1) is 0 Å². The zero-order chi connectivity index (χ0) is 24.7. The van der Waals surface area contributed by atoms with Crippen molar-refractivity contribution in [3.63, 3.8) is 0 Å². The number of amides is 2. The van der Waals surface area contributed by atoms with Gasteiger partial charge >= 0.3 is 0 Å². The molecule has 0 spiro atoms. The Balaban J connectivity index is 1.36. The number of nitrogens with zero attached hydrogens (tertiary/aromatic N) is 1. The van der Waals surface area contributed by atoms with Gasteiger partial charge in [-0.05, 0) is 87.0 Å². The van der Waals surface area contributed by atoms with E-state index in [0.717, 1.165) is 41.5 Å². The second-order valence-corrected chi connectivity index (χ2v) is 12.0. The summed E-state index contributed by atoms with van der Waals surface area (Å²) in [7, 11) is 0. The summed E-state index contributed by atoms with van der Waals surface area (Å²) in [6, 6.07) is 12.9. The van der Waals surface area contributed by atoms with Crippen LogP contribution in [-0.2, 0) is 21.4 Å². The molecule has 186 valence electrons. The zero-order valence-corrected chi connectivity index (χ0v) is 22.8. The maximum absolute atomic E-state index is 13.6. The van der Waals surface area contributed by atoms with Gasteiger partial charge in [-0.1, -0.05) is 57.3 Å². The van der Waals surface area contributed by atoms with Crippen LogP contribution in [0.1, 0.15) is 43.7 Å². The number of carbonyl (C=O) groups excluding carboxylic acids is 2. The van der Waals surface area contributed by atoms with Gasteiger partial charge in [0, 0.05) is 33.0 Å². The number of halogens is 3. The molecule has 6 rings (SSSR count). The Morgan fingerprint density at radius 2 is 1.80 bits per heavy atom. The fourth-order valence-electron chi connectivity index (χ4n) is 5.79. The summed E-state index contributed by atoms with van der Waals surface area (Å²) in [5, 5.41) is 7.45. The highest BCUT2D eigenvalue weighted by molar-refractivity contribution is 9.10. The molecule has 2 amide bonds. The van der Waals surface area contributed by atoms with Gasteiger partial charge in [0.05, 0.1) is 5.41 Å².